The molecule has 0 fully saturated rings. The smallest absolute Gasteiger partial charge is 0.136 e. The quantitative estimate of drug-likeness (QED) is 0.155. The SMILES string of the molecule is Cc1cccc(N(c2ccccc2)c2ccc3cc4c(cc3c2)oc2cc3cc(N(c5ccccc5)c5cccc([Si](C)(C)C)c5)ccc3cc24)c1. The normalized spacial score (nSPS) is 11.8. The summed E-state index contributed by atoms with van der Waals surface area (Å²) in [7, 11) is -1.51. The fraction of sp³-hybridized carbons (Fsp3) is 0.0833. The van der Waals surface area contributed by atoms with Crippen LogP contribution in [0.4, 0.5) is 34.1 Å². The van der Waals surface area contributed by atoms with Crippen LogP contribution in [0, 0.1) is 6.92 Å². The molecule has 0 spiro atoms. The average molecular weight is 689 g/mol. The summed E-state index contributed by atoms with van der Waals surface area (Å²) in [5, 5.41) is 8.38. The van der Waals surface area contributed by atoms with Gasteiger partial charge >= 0.3 is 0 Å². The zero-order valence-corrected chi connectivity index (χ0v) is 31.0. The molecule has 0 aliphatic rings. The Bertz CT molecular complexity index is 2750. The summed E-state index contributed by atoms with van der Waals surface area (Å²) in [4.78, 5) is 4.69. The molecule has 8 aromatic carbocycles. The molecule has 52 heavy (non-hydrogen) atoms. The Labute approximate surface area is 306 Å². The first-order valence-electron chi connectivity index (χ1n) is 18.0. The van der Waals surface area contributed by atoms with Gasteiger partial charge in [-0.05, 0) is 131 Å². The number of hydrogen-bond donors (Lipinski definition) is 0. The van der Waals surface area contributed by atoms with E-state index in [0.29, 0.717) is 0 Å². The first-order valence-corrected chi connectivity index (χ1v) is 21.5. The fourth-order valence-corrected chi connectivity index (χ4v) is 8.62. The third-order valence-corrected chi connectivity index (χ3v) is 12.2. The minimum absolute atomic E-state index is 0.895. The molecule has 0 saturated carbocycles. The largest absolute Gasteiger partial charge is 0.456 e. The van der Waals surface area contributed by atoms with E-state index in [4.69, 9.17) is 4.42 Å². The Morgan fingerprint density at radius 3 is 1.35 bits per heavy atom. The summed E-state index contributed by atoms with van der Waals surface area (Å²) < 4.78 is 6.65. The van der Waals surface area contributed by atoms with E-state index in [1.54, 1.807) is 0 Å². The Morgan fingerprint density at radius 1 is 0.385 bits per heavy atom. The molecule has 0 aliphatic heterocycles. The Kier molecular flexibility index (Phi) is 7.71. The van der Waals surface area contributed by atoms with Gasteiger partial charge in [-0.25, -0.2) is 0 Å². The highest BCUT2D eigenvalue weighted by atomic mass is 28.3. The van der Waals surface area contributed by atoms with E-state index in [-0.39, 0.29) is 0 Å². The number of anilines is 6. The van der Waals surface area contributed by atoms with E-state index < -0.39 is 8.07 Å². The van der Waals surface area contributed by atoms with Crippen LogP contribution in [-0.2, 0) is 0 Å². The Hall–Kier alpha value is -6.10. The summed E-state index contributed by atoms with van der Waals surface area (Å²) >= 11 is 0. The molecule has 0 atom stereocenters. The van der Waals surface area contributed by atoms with Gasteiger partial charge in [0.2, 0.25) is 0 Å². The van der Waals surface area contributed by atoms with E-state index in [2.05, 4.69) is 206 Å². The molecular weight excluding hydrogens is 649 g/mol. The van der Waals surface area contributed by atoms with Crippen LogP contribution in [0.5, 0.6) is 0 Å². The lowest BCUT2D eigenvalue weighted by molar-refractivity contribution is 0.670. The molecule has 1 aromatic heterocycles. The zero-order chi connectivity index (χ0) is 35.4. The van der Waals surface area contributed by atoms with Gasteiger partial charge < -0.3 is 14.2 Å². The summed E-state index contributed by atoms with van der Waals surface area (Å²) in [6, 6.07) is 61.5. The van der Waals surface area contributed by atoms with E-state index in [0.717, 1.165) is 61.1 Å². The molecule has 0 bridgehead atoms. The monoisotopic (exact) mass is 688 g/mol. The standard InChI is InChI=1S/C48H40N2OSi/c1-33-13-11-18-40(25-33)49(38-14-7-5-8-15-38)42-23-21-34-28-45-46-29-35-22-24-43(27-37(35)31-48(46)51-47(45)30-36(34)26-42)50(39-16-9-6-10-17-39)41-19-12-20-44(32-41)52(2,3)4/h5-32H,1-4H3. The number of para-hydroxylation sites is 2. The molecule has 3 nitrogen and oxygen atoms in total. The van der Waals surface area contributed by atoms with Gasteiger partial charge in [-0.3, -0.25) is 0 Å². The molecule has 1 heterocycles. The first kappa shape index (κ1) is 31.8. The second kappa shape index (κ2) is 12.6. The predicted octanol–water partition coefficient (Wildman–Crippen LogP) is 13.7. The van der Waals surface area contributed by atoms with Crippen LogP contribution in [0.25, 0.3) is 43.5 Å². The van der Waals surface area contributed by atoms with Crippen molar-refractivity contribution in [1.29, 1.82) is 0 Å². The van der Waals surface area contributed by atoms with Crippen molar-refractivity contribution in [3.63, 3.8) is 0 Å². The average Bonchev–Trinajstić information content (AvgIpc) is 3.49. The molecule has 0 unspecified atom stereocenters. The lowest BCUT2D eigenvalue weighted by Crippen LogP contribution is -2.37. The number of nitrogens with zero attached hydrogens (tertiary/aromatic N) is 2. The van der Waals surface area contributed by atoms with Crippen molar-refractivity contribution in [2.24, 2.45) is 0 Å². The molecule has 0 saturated heterocycles. The third-order valence-electron chi connectivity index (χ3n) is 10.1. The topological polar surface area (TPSA) is 19.6 Å². The van der Waals surface area contributed by atoms with Crippen LogP contribution in [0.1, 0.15) is 5.56 Å². The highest BCUT2D eigenvalue weighted by molar-refractivity contribution is 6.88. The van der Waals surface area contributed by atoms with Crippen molar-refractivity contribution in [2.75, 3.05) is 9.80 Å². The number of benzene rings is 8. The van der Waals surface area contributed by atoms with Crippen molar-refractivity contribution < 1.29 is 4.42 Å². The maximum Gasteiger partial charge on any atom is 0.136 e. The highest BCUT2D eigenvalue weighted by Crippen LogP contribution is 2.41. The molecule has 9 aromatic rings. The van der Waals surface area contributed by atoms with Gasteiger partial charge in [0.05, 0.1) is 8.07 Å². The predicted molar refractivity (Wildman–Crippen MR) is 226 cm³/mol. The second-order valence-electron chi connectivity index (χ2n) is 14.8. The number of furan rings is 1. The summed E-state index contributed by atoms with van der Waals surface area (Å²) in [6.07, 6.45) is 0. The van der Waals surface area contributed by atoms with Crippen LogP contribution < -0.4 is 15.0 Å². The van der Waals surface area contributed by atoms with Gasteiger partial charge in [0.15, 0.2) is 0 Å². The molecule has 9 rings (SSSR count). The van der Waals surface area contributed by atoms with Crippen molar-refractivity contribution >= 4 is 90.9 Å². The zero-order valence-electron chi connectivity index (χ0n) is 30.0. The number of hydrogen-bond acceptors (Lipinski definition) is 3. The molecular formula is C48H40N2OSi. The van der Waals surface area contributed by atoms with Crippen molar-refractivity contribution in [2.45, 2.75) is 26.6 Å². The summed E-state index contributed by atoms with van der Waals surface area (Å²) in [6.45, 7) is 9.35. The molecule has 4 heteroatoms. The van der Waals surface area contributed by atoms with Gasteiger partial charge in [-0.15, -0.1) is 0 Å². The van der Waals surface area contributed by atoms with E-state index in [1.165, 1.54) is 27.2 Å². The van der Waals surface area contributed by atoms with E-state index in [9.17, 15) is 0 Å². The van der Waals surface area contributed by atoms with Crippen LogP contribution in [-0.4, -0.2) is 8.07 Å². The minimum atomic E-state index is -1.51. The van der Waals surface area contributed by atoms with Crippen LogP contribution in [0.3, 0.4) is 0 Å². The lowest BCUT2D eigenvalue weighted by Gasteiger charge is -2.27. The summed E-state index contributed by atoms with van der Waals surface area (Å²) in [5.74, 6) is 0. The summed E-state index contributed by atoms with van der Waals surface area (Å²) in [5.41, 5.74) is 9.82. The number of rotatable bonds is 7. The van der Waals surface area contributed by atoms with Crippen LogP contribution in [0.15, 0.2) is 174 Å². The van der Waals surface area contributed by atoms with Crippen molar-refractivity contribution in [3.05, 3.63) is 175 Å². The third kappa shape index (κ3) is 5.81. The maximum absolute atomic E-state index is 6.65. The molecule has 0 aliphatic carbocycles. The number of aryl methyl sites for hydroxylation is 1. The molecule has 0 amide bonds. The first-order chi connectivity index (χ1) is 25.3. The van der Waals surface area contributed by atoms with Gasteiger partial charge in [0, 0.05) is 44.9 Å². The van der Waals surface area contributed by atoms with Crippen molar-refractivity contribution in [3.8, 4) is 0 Å². The van der Waals surface area contributed by atoms with Gasteiger partial charge in [-0.2, -0.15) is 0 Å². The Morgan fingerprint density at radius 2 is 0.846 bits per heavy atom. The van der Waals surface area contributed by atoms with Gasteiger partial charge in [0.1, 0.15) is 11.2 Å². The second-order valence-corrected chi connectivity index (χ2v) is 19.9. The fourth-order valence-electron chi connectivity index (χ4n) is 7.44. The molecule has 0 N–H and O–H groups in total. The highest BCUT2D eigenvalue weighted by Gasteiger charge is 2.20. The maximum atomic E-state index is 6.65. The lowest BCUT2D eigenvalue weighted by atomic mass is 10.0. The number of fused-ring (bicyclic) bond motifs is 5. The molecule has 252 valence electrons. The molecule has 0 radical (unpaired) electrons. The van der Waals surface area contributed by atoms with E-state index >= 15 is 0 Å². The Balaban J connectivity index is 1.15. The van der Waals surface area contributed by atoms with E-state index in [1.807, 2.05) is 0 Å². The van der Waals surface area contributed by atoms with Gasteiger partial charge in [-0.1, -0.05) is 97.6 Å². The van der Waals surface area contributed by atoms with Gasteiger partial charge in [0.25, 0.3) is 0 Å². The van der Waals surface area contributed by atoms with Crippen LogP contribution >= 0.6 is 0 Å². The minimum Gasteiger partial charge on any atom is -0.456 e. The van der Waals surface area contributed by atoms with Crippen molar-refractivity contribution in [1.82, 2.24) is 0 Å². The van der Waals surface area contributed by atoms with Crippen LogP contribution in [0.2, 0.25) is 19.6 Å².